The van der Waals surface area contributed by atoms with Gasteiger partial charge in [-0.3, -0.25) is 12.2 Å². The van der Waals surface area contributed by atoms with E-state index < -0.39 is 8.07 Å². The number of benzene rings is 3. The predicted octanol–water partition coefficient (Wildman–Crippen LogP) is 6.33. The molecule has 0 amide bonds. The Morgan fingerprint density at radius 3 is 1.78 bits per heavy atom. The van der Waals surface area contributed by atoms with Gasteiger partial charge in [-0.2, -0.15) is 11.6 Å². The molecule has 0 nitrogen and oxygen atoms in total. The second kappa shape index (κ2) is 15.3. The Balaban J connectivity index is 0.000000229. The van der Waals surface area contributed by atoms with E-state index in [4.69, 9.17) is 0 Å². The molecule has 4 aliphatic carbocycles. The van der Waals surface area contributed by atoms with Gasteiger partial charge in [0.05, 0.1) is 0 Å². The van der Waals surface area contributed by atoms with E-state index in [0.717, 1.165) is 6.42 Å². The fraction of sp³-hybridized carbons (Fsp3) is 0.413. The maximum Gasteiger partial charge on any atom is 0.00873 e. The van der Waals surface area contributed by atoms with E-state index in [1.807, 2.05) is 0 Å². The molecule has 3 aromatic carbocycles. The zero-order chi connectivity index (χ0) is 35.6. The molecule has 0 bridgehead atoms. The molecule has 0 saturated carbocycles. The van der Waals surface area contributed by atoms with Crippen molar-refractivity contribution in [1.82, 2.24) is 0 Å². The number of hydrogen-bond acceptors (Lipinski definition) is 0. The molecule has 3 aromatic rings. The molecule has 1 unspecified atom stereocenters. The van der Waals surface area contributed by atoms with Crippen LogP contribution >= 0.6 is 0 Å². The monoisotopic (exact) mass is 796 g/mol. The Morgan fingerprint density at radius 2 is 1.32 bits per heavy atom. The molecular weight excluding hydrogens is 743 g/mol. The molecular formula is C46H56Cl2SiZr-2. The summed E-state index contributed by atoms with van der Waals surface area (Å²) in [4.78, 5) is 0. The molecule has 1 atom stereocenters. The molecule has 0 aliphatic heterocycles. The van der Waals surface area contributed by atoms with Crippen molar-refractivity contribution in [1.29, 1.82) is 0 Å². The molecule has 0 N–H and O–H groups in total. The van der Waals surface area contributed by atoms with Crippen LogP contribution in [0.1, 0.15) is 121 Å². The Hall–Kier alpha value is -1.83. The minimum Gasteiger partial charge on any atom is -1.00 e. The minimum absolute atomic E-state index is 0. The fourth-order valence-electron chi connectivity index (χ4n) is 8.00. The zero-order valence-electron chi connectivity index (χ0n) is 32.9. The van der Waals surface area contributed by atoms with Crippen LogP contribution in [-0.2, 0) is 46.9 Å². The Labute approximate surface area is 333 Å². The van der Waals surface area contributed by atoms with Gasteiger partial charge in [0.1, 0.15) is 0 Å². The summed E-state index contributed by atoms with van der Waals surface area (Å²) in [5.41, 5.74) is 19.0. The van der Waals surface area contributed by atoms with Gasteiger partial charge in [-0.15, -0.1) is 11.6 Å². The summed E-state index contributed by atoms with van der Waals surface area (Å²) < 4.78 is 2.21. The van der Waals surface area contributed by atoms with Crippen molar-refractivity contribution in [2.75, 3.05) is 0 Å². The third-order valence-corrected chi connectivity index (χ3v) is 13.4. The largest absolute Gasteiger partial charge is 1.00 e. The third kappa shape index (κ3) is 8.68. The Morgan fingerprint density at radius 1 is 0.780 bits per heavy atom. The second-order valence-corrected chi connectivity index (χ2v) is 23.4. The van der Waals surface area contributed by atoms with E-state index in [0.29, 0.717) is 5.92 Å². The zero-order valence-corrected chi connectivity index (χ0v) is 37.9. The molecule has 0 radical (unpaired) electrons. The molecule has 4 heteroatoms. The first-order valence-corrected chi connectivity index (χ1v) is 22.6. The van der Waals surface area contributed by atoms with Crippen LogP contribution in [0.15, 0.2) is 71.5 Å². The van der Waals surface area contributed by atoms with Gasteiger partial charge < -0.3 is 24.8 Å². The minimum atomic E-state index is -1.07. The molecule has 4 aliphatic rings. The molecule has 264 valence electrons. The fourth-order valence-corrected chi connectivity index (χ4v) is 10.4. The van der Waals surface area contributed by atoms with E-state index in [1.54, 1.807) is 5.20 Å². The summed E-state index contributed by atoms with van der Waals surface area (Å²) in [5.74, 6) is 0.553. The van der Waals surface area contributed by atoms with Crippen molar-refractivity contribution < 1.29 is 49.0 Å². The topological polar surface area (TPSA) is 0 Å². The standard InChI is InChI=1S/C25H25.C11H14.C10H17Si.2ClH.Zr/c1-14-12-24(3,4)22-8-16-7-17-9-23-19(15(2)13-25(23,5)6)11-21(17)20(16)10-18(14)22;1-9-5-7-10(8-6-9)11(2,3)4;1-8-6-9(2)10(7-8)11(3,4)5;;;/h8-12H,7H2,1-6H3;1,5-8H,2-4H3;7-8H,1-5H3;2*1H;/q-1;;-1;;;+2/p-2. The molecule has 0 spiro atoms. The van der Waals surface area contributed by atoms with Crippen molar-refractivity contribution in [2.45, 2.75) is 118 Å². The second-order valence-electron chi connectivity index (χ2n) is 17.6. The van der Waals surface area contributed by atoms with Crippen LogP contribution in [0.2, 0.25) is 19.6 Å². The Bertz CT molecular complexity index is 1820. The SMILES string of the molecule is CC(C)(C)c1ccc([CH]=[Zr+2])cc1.CC1=[C-]C(C)(C)c2cc3c(cc21)-c1cc2c(cc1C3)C(C)(C)C=C2C.CC1=[C-]C(C)C=C1[Si](C)(C)C.[Cl-].[Cl-]. The summed E-state index contributed by atoms with van der Waals surface area (Å²) in [6.45, 7) is 32.0. The molecule has 0 aromatic heterocycles. The average Bonchev–Trinajstić information content (AvgIpc) is 3.65. The summed E-state index contributed by atoms with van der Waals surface area (Å²) in [5, 5.41) is 1.60. The van der Waals surface area contributed by atoms with E-state index in [1.165, 1.54) is 96.6 Å². The van der Waals surface area contributed by atoms with E-state index >= 15 is 0 Å². The van der Waals surface area contributed by atoms with Crippen LogP contribution in [0.25, 0.3) is 22.3 Å². The van der Waals surface area contributed by atoms with Crippen LogP contribution in [0.4, 0.5) is 0 Å². The third-order valence-electron chi connectivity index (χ3n) is 10.4. The molecule has 7 rings (SSSR count). The molecule has 0 saturated heterocycles. The van der Waals surface area contributed by atoms with Crippen LogP contribution in [0, 0.1) is 18.1 Å². The first kappa shape index (κ1) is 42.6. The first-order chi connectivity index (χ1) is 22.1. The van der Waals surface area contributed by atoms with Gasteiger partial charge in [0.2, 0.25) is 0 Å². The number of halogens is 2. The van der Waals surface area contributed by atoms with Crippen molar-refractivity contribution in [3.63, 3.8) is 0 Å². The number of hydrogen-bond donors (Lipinski definition) is 0. The maximum absolute atomic E-state index is 3.65. The average molecular weight is 799 g/mol. The van der Waals surface area contributed by atoms with Crippen LogP contribution in [0.5, 0.6) is 0 Å². The van der Waals surface area contributed by atoms with Gasteiger partial charge >= 0.3 is 89.5 Å². The van der Waals surface area contributed by atoms with Crippen molar-refractivity contribution in [3.05, 3.63) is 128 Å². The van der Waals surface area contributed by atoms with Crippen LogP contribution in [-0.4, -0.2) is 11.8 Å². The van der Waals surface area contributed by atoms with E-state index in [-0.39, 0.29) is 41.1 Å². The van der Waals surface area contributed by atoms with Crippen molar-refractivity contribution >= 4 is 22.9 Å². The molecule has 0 fully saturated rings. The van der Waals surface area contributed by atoms with Gasteiger partial charge in [0.15, 0.2) is 0 Å². The summed E-state index contributed by atoms with van der Waals surface area (Å²) >= 11 is 1.46. The number of fused-ring (bicyclic) bond motifs is 5. The Kier molecular flexibility index (Phi) is 13.0. The van der Waals surface area contributed by atoms with Crippen molar-refractivity contribution in [3.8, 4) is 11.1 Å². The number of rotatable bonds is 2. The van der Waals surface area contributed by atoms with E-state index in [2.05, 4.69) is 172 Å². The van der Waals surface area contributed by atoms with Gasteiger partial charge in [0.25, 0.3) is 0 Å². The normalized spacial score (nSPS) is 18.5. The van der Waals surface area contributed by atoms with Gasteiger partial charge in [-0.1, -0.05) is 97.6 Å². The predicted molar refractivity (Wildman–Crippen MR) is 210 cm³/mol. The summed E-state index contributed by atoms with van der Waals surface area (Å²) in [7, 11) is -1.07. The summed E-state index contributed by atoms with van der Waals surface area (Å²) in [6, 6.07) is 18.6. The summed E-state index contributed by atoms with van der Waals surface area (Å²) in [6.07, 6.45) is 12.9. The molecule has 50 heavy (non-hydrogen) atoms. The molecule has 0 heterocycles. The van der Waals surface area contributed by atoms with Gasteiger partial charge in [0, 0.05) is 5.41 Å². The first-order valence-electron chi connectivity index (χ1n) is 17.7. The van der Waals surface area contributed by atoms with Gasteiger partial charge in [-0.25, -0.2) is 16.3 Å². The van der Waals surface area contributed by atoms with Gasteiger partial charge in [-0.05, 0) is 66.4 Å². The number of allylic oxidation sites excluding steroid dienone is 8. The smallest absolute Gasteiger partial charge is 0.00873 e. The van der Waals surface area contributed by atoms with Crippen LogP contribution in [0.3, 0.4) is 0 Å². The van der Waals surface area contributed by atoms with E-state index in [9.17, 15) is 0 Å². The quantitative estimate of drug-likeness (QED) is 0.165. The maximum atomic E-state index is 3.65. The van der Waals surface area contributed by atoms with Crippen LogP contribution < -0.4 is 24.8 Å². The van der Waals surface area contributed by atoms with Crippen molar-refractivity contribution in [2.24, 2.45) is 5.92 Å².